The van der Waals surface area contributed by atoms with Gasteiger partial charge in [-0.1, -0.05) is 24.6 Å². The largest absolute Gasteiger partial charge is 0.469 e. The summed E-state index contributed by atoms with van der Waals surface area (Å²) in [6.07, 6.45) is 2.40. The lowest BCUT2D eigenvalue weighted by Gasteiger charge is -2.37. The van der Waals surface area contributed by atoms with Gasteiger partial charge in [-0.3, -0.25) is 13.9 Å². The van der Waals surface area contributed by atoms with Gasteiger partial charge < -0.3 is 9.64 Å². The van der Waals surface area contributed by atoms with E-state index in [0.717, 1.165) is 10.6 Å². The SMILES string of the molecule is CC[C@H](C(=O)N1CCC(C(=O)OC)CC1)N(c1cccc(Cl)c1)S(C)(=O)=O. The number of likely N-dealkylation sites (tertiary alicyclic amines) is 1. The van der Waals surface area contributed by atoms with E-state index in [1.54, 1.807) is 30.0 Å². The predicted molar refractivity (Wildman–Crippen MR) is 104 cm³/mol. The highest BCUT2D eigenvalue weighted by molar-refractivity contribution is 7.92. The summed E-state index contributed by atoms with van der Waals surface area (Å²) in [5.41, 5.74) is 0.356. The third-order valence-electron chi connectivity index (χ3n) is 4.72. The normalized spacial score (nSPS) is 16.7. The molecule has 1 heterocycles. The predicted octanol–water partition coefficient (Wildman–Crippen LogP) is 2.30. The number of halogens is 1. The lowest BCUT2D eigenvalue weighted by Crippen LogP contribution is -2.52. The van der Waals surface area contributed by atoms with Gasteiger partial charge in [0.15, 0.2) is 0 Å². The summed E-state index contributed by atoms with van der Waals surface area (Å²) in [5.74, 6) is -0.768. The molecule has 1 fully saturated rings. The zero-order valence-electron chi connectivity index (χ0n) is 15.7. The molecule has 1 aliphatic heterocycles. The van der Waals surface area contributed by atoms with Crippen molar-refractivity contribution in [2.45, 2.75) is 32.2 Å². The first-order valence-electron chi connectivity index (χ1n) is 8.80. The van der Waals surface area contributed by atoms with E-state index in [1.807, 2.05) is 0 Å². The number of methoxy groups -OCH3 is 1. The molecule has 0 aliphatic carbocycles. The summed E-state index contributed by atoms with van der Waals surface area (Å²) in [5, 5.41) is 0.391. The highest BCUT2D eigenvalue weighted by Crippen LogP contribution is 2.27. The maximum absolute atomic E-state index is 13.1. The van der Waals surface area contributed by atoms with Crippen molar-refractivity contribution in [2.75, 3.05) is 30.8 Å². The Hall–Kier alpha value is -1.80. The zero-order chi connectivity index (χ0) is 20.2. The second kappa shape index (κ2) is 8.93. The van der Waals surface area contributed by atoms with Crippen molar-refractivity contribution in [1.29, 1.82) is 0 Å². The third kappa shape index (κ3) is 5.13. The lowest BCUT2D eigenvalue weighted by molar-refractivity contribution is -0.149. The fraction of sp³-hybridized carbons (Fsp3) is 0.556. The molecular weight excluding hydrogens is 392 g/mol. The van der Waals surface area contributed by atoms with Gasteiger partial charge >= 0.3 is 5.97 Å². The van der Waals surface area contributed by atoms with Gasteiger partial charge in [-0.25, -0.2) is 8.42 Å². The molecule has 1 atom stereocenters. The molecule has 0 radical (unpaired) electrons. The molecule has 0 spiro atoms. The Bertz CT molecular complexity index is 791. The van der Waals surface area contributed by atoms with E-state index in [2.05, 4.69) is 0 Å². The van der Waals surface area contributed by atoms with Crippen LogP contribution in [0.4, 0.5) is 5.69 Å². The van der Waals surface area contributed by atoms with Crippen molar-refractivity contribution in [1.82, 2.24) is 4.90 Å². The number of sulfonamides is 1. The summed E-state index contributed by atoms with van der Waals surface area (Å²) in [6, 6.07) is 5.57. The second-order valence-corrected chi connectivity index (χ2v) is 8.88. The van der Waals surface area contributed by atoms with E-state index >= 15 is 0 Å². The number of carbonyl (C=O) groups excluding carboxylic acids is 2. The van der Waals surface area contributed by atoms with Crippen LogP contribution in [0.15, 0.2) is 24.3 Å². The number of hydrogen-bond donors (Lipinski definition) is 0. The molecular formula is C18H25ClN2O5S. The molecule has 0 aromatic heterocycles. The van der Waals surface area contributed by atoms with E-state index in [-0.39, 0.29) is 17.8 Å². The smallest absolute Gasteiger partial charge is 0.308 e. The van der Waals surface area contributed by atoms with Crippen molar-refractivity contribution < 1.29 is 22.7 Å². The zero-order valence-corrected chi connectivity index (χ0v) is 17.3. The van der Waals surface area contributed by atoms with Gasteiger partial charge in [0.05, 0.1) is 25.0 Å². The monoisotopic (exact) mass is 416 g/mol. The number of carbonyl (C=O) groups is 2. The van der Waals surface area contributed by atoms with Gasteiger partial charge in [0, 0.05) is 18.1 Å². The molecule has 7 nitrogen and oxygen atoms in total. The number of rotatable bonds is 6. The Kier molecular flexibility index (Phi) is 7.11. The van der Waals surface area contributed by atoms with Gasteiger partial charge in [-0.05, 0) is 37.5 Å². The summed E-state index contributed by atoms with van der Waals surface area (Å²) in [4.78, 5) is 26.4. The minimum atomic E-state index is -3.70. The summed E-state index contributed by atoms with van der Waals surface area (Å²) < 4.78 is 30.8. The first-order valence-corrected chi connectivity index (χ1v) is 11.0. The Morgan fingerprint density at radius 2 is 1.96 bits per heavy atom. The summed E-state index contributed by atoms with van der Waals surface area (Å²) in [6.45, 7) is 2.55. The molecule has 0 unspecified atom stereocenters. The van der Waals surface area contributed by atoms with Gasteiger partial charge in [-0.15, -0.1) is 0 Å². The van der Waals surface area contributed by atoms with Gasteiger partial charge in [0.25, 0.3) is 0 Å². The van der Waals surface area contributed by atoms with Gasteiger partial charge in [0.2, 0.25) is 15.9 Å². The standard InChI is InChI=1S/C18H25ClN2O5S/c1-4-16(17(22)20-10-8-13(9-11-20)18(23)26-2)21(27(3,24)25)15-7-5-6-14(19)12-15/h5-7,12-13,16H,4,8-11H2,1-3H3/t16-/m1/s1. The Balaban J connectivity index is 2.24. The van der Waals surface area contributed by atoms with Crippen LogP contribution in [-0.2, 0) is 24.3 Å². The molecule has 1 amide bonds. The van der Waals surface area contributed by atoms with Crippen molar-refractivity contribution in [3.8, 4) is 0 Å². The molecule has 1 saturated heterocycles. The van der Waals surface area contributed by atoms with Crippen LogP contribution in [0.3, 0.4) is 0 Å². The average Bonchev–Trinajstić information content (AvgIpc) is 2.63. The van der Waals surface area contributed by atoms with Crippen molar-refractivity contribution in [3.05, 3.63) is 29.3 Å². The van der Waals surface area contributed by atoms with E-state index in [9.17, 15) is 18.0 Å². The van der Waals surface area contributed by atoms with Crippen LogP contribution in [0.1, 0.15) is 26.2 Å². The fourth-order valence-corrected chi connectivity index (χ4v) is 4.75. The molecule has 1 aromatic rings. The van der Waals surface area contributed by atoms with Crippen LogP contribution >= 0.6 is 11.6 Å². The van der Waals surface area contributed by atoms with Crippen LogP contribution in [0.2, 0.25) is 5.02 Å². The van der Waals surface area contributed by atoms with Crippen LogP contribution in [-0.4, -0.2) is 57.7 Å². The molecule has 150 valence electrons. The number of nitrogens with zero attached hydrogens (tertiary/aromatic N) is 2. The number of esters is 1. The highest BCUT2D eigenvalue weighted by Gasteiger charge is 2.36. The van der Waals surface area contributed by atoms with Crippen molar-refractivity contribution in [2.24, 2.45) is 5.92 Å². The number of ether oxygens (including phenoxy) is 1. The molecule has 0 N–H and O–H groups in total. The Morgan fingerprint density at radius 1 is 1.33 bits per heavy atom. The lowest BCUT2D eigenvalue weighted by atomic mass is 9.96. The topological polar surface area (TPSA) is 84.0 Å². The highest BCUT2D eigenvalue weighted by atomic mass is 35.5. The summed E-state index contributed by atoms with van der Waals surface area (Å²) >= 11 is 6.01. The number of piperidine rings is 1. The number of amides is 1. The van der Waals surface area contributed by atoms with E-state index in [4.69, 9.17) is 16.3 Å². The van der Waals surface area contributed by atoms with Crippen LogP contribution in [0.25, 0.3) is 0 Å². The van der Waals surface area contributed by atoms with Crippen LogP contribution < -0.4 is 4.31 Å². The van der Waals surface area contributed by atoms with Crippen molar-refractivity contribution in [3.63, 3.8) is 0 Å². The third-order valence-corrected chi connectivity index (χ3v) is 6.13. The van der Waals surface area contributed by atoms with E-state index in [1.165, 1.54) is 13.2 Å². The minimum absolute atomic E-state index is 0.224. The number of hydrogen-bond acceptors (Lipinski definition) is 5. The minimum Gasteiger partial charge on any atom is -0.469 e. The van der Waals surface area contributed by atoms with Crippen molar-refractivity contribution >= 4 is 39.2 Å². The molecule has 9 heteroatoms. The Labute approximate surface area is 165 Å². The first-order chi connectivity index (χ1) is 12.7. The maximum Gasteiger partial charge on any atom is 0.308 e. The molecule has 2 rings (SSSR count). The molecule has 1 aliphatic rings. The van der Waals surface area contributed by atoms with Crippen LogP contribution in [0, 0.1) is 5.92 Å². The van der Waals surface area contributed by atoms with Crippen LogP contribution in [0.5, 0.6) is 0 Å². The molecule has 1 aromatic carbocycles. The van der Waals surface area contributed by atoms with E-state index < -0.39 is 16.1 Å². The average molecular weight is 417 g/mol. The Morgan fingerprint density at radius 3 is 2.44 bits per heavy atom. The van der Waals surface area contributed by atoms with Gasteiger partial charge in [-0.2, -0.15) is 0 Å². The fourth-order valence-electron chi connectivity index (χ4n) is 3.37. The quantitative estimate of drug-likeness (QED) is 0.664. The summed E-state index contributed by atoms with van der Waals surface area (Å²) in [7, 11) is -2.36. The van der Waals surface area contributed by atoms with Gasteiger partial charge in [0.1, 0.15) is 6.04 Å². The molecule has 0 saturated carbocycles. The number of anilines is 1. The maximum atomic E-state index is 13.1. The van der Waals surface area contributed by atoms with E-state index in [0.29, 0.717) is 43.1 Å². The second-order valence-electron chi connectivity index (χ2n) is 6.59. The molecule has 0 bridgehead atoms. The first kappa shape index (κ1) is 21.5. The number of benzene rings is 1. The molecule has 27 heavy (non-hydrogen) atoms.